The fourth-order valence-electron chi connectivity index (χ4n) is 2.94. The number of likely N-dealkylation sites (tertiary alicyclic amines) is 1. The average Bonchev–Trinajstić information content (AvgIpc) is 2.99. The van der Waals surface area contributed by atoms with Crippen molar-refractivity contribution >= 4 is 5.91 Å². The Hall–Kier alpha value is -2.23. The second kappa shape index (κ2) is 5.87. The molecule has 114 valence electrons. The number of nitrogens with zero attached hydrogens (tertiary/aromatic N) is 2. The number of aryl methyl sites for hydroxylation is 2. The Bertz CT molecular complexity index is 714. The number of carbonyl (C=O) groups is 1. The van der Waals surface area contributed by atoms with E-state index in [9.17, 15) is 9.18 Å². The molecule has 1 aromatic heterocycles. The summed E-state index contributed by atoms with van der Waals surface area (Å²) in [5, 5.41) is 0. The third-order valence-electron chi connectivity index (χ3n) is 4.18. The Morgan fingerprint density at radius 3 is 2.77 bits per heavy atom. The first-order chi connectivity index (χ1) is 10.5. The van der Waals surface area contributed by atoms with Gasteiger partial charge < -0.3 is 4.90 Å². The predicted molar refractivity (Wildman–Crippen MR) is 83.4 cm³/mol. The van der Waals surface area contributed by atoms with Crippen molar-refractivity contribution in [2.75, 3.05) is 13.1 Å². The minimum absolute atomic E-state index is 0.165. The van der Waals surface area contributed by atoms with Crippen molar-refractivity contribution in [3.05, 3.63) is 64.7 Å². The van der Waals surface area contributed by atoms with E-state index in [1.165, 1.54) is 11.6 Å². The number of benzene rings is 1. The standard InChI is InChI=1S/C18H19FN2O/c1-12-3-4-16(19)15(9-12)18(22)21-8-6-14(11-21)17-10-13(2)5-7-20-17/h3-5,7,9-10,14H,6,8,11H2,1-2H3. The van der Waals surface area contributed by atoms with Crippen LogP contribution in [0.5, 0.6) is 0 Å². The van der Waals surface area contributed by atoms with Gasteiger partial charge in [-0.05, 0) is 50.1 Å². The number of hydrogen-bond donors (Lipinski definition) is 0. The first-order valence-electron chi connectivity index (χ1n) is 7.52. The number of hydrogen-bond acceptors (Lipinski definition) is 2. The number of aromatic nitrogens is 1. The molecule has 3 rings (SSSR count). The molecule has 1 saturated heterocycles. The number of halogens is 1. The van der Waals surface area contributed by atoms with Gasteiger partial charge in [0.2, 0.25) is 0 Å². The van der Waals surface area contributed by atoms with Gasteiger partial charge in [-0.1, -0.05) is 11.6 Å². The molecule has 0 saturated carbocycles. The molecule has 3 nitrogen and oxygen atoms in total. The third-order valence-corrected chi connectivity index (χ3v) is 4.18. The van der Waals surface area contributed by atoms with Crippen LogP contribution in [0.15, 0.2) is 36.5 Å². The fourth-order valence-corrected chi connectivity index (χ4v) is 2.94. The van der Waals surface area contributed by atoms with Crippen LogP contribution in [0.3, 0.4) is 0 Å². The highest BCUT2D eigenvalue weighted by Crippen LogP contribution is 2.27. The van der Waals surface area contributed by atoms with Crippen LogP contribution in [0.1, 0.15) is 39.5 Å². The zero-order valence-corrected chi connectivity index (χ0v) is 12.8. The van der Waals surface area contributed by atoms with Crippen molar-refractivity contribution in [1.29, 1.82) is 0 Å². The molecule has 1 aliphatic heterocycles. The van der Waals surface area contributed by atoms with Crippen LogP contribution in [-0.2, 0) is 0 Å². The van der Waals surface area contributed by atoms with Crippen molar-refractivity contribution in [3.63, 3.8) is 0 Å². The van der Waals surface area contributed by atoms with Crippen LogP contribution < -0.4 is 0 Å². The van der Waals surface area contributed by atoms with E-state index in [0.29, 0.717) is 13.1 Å². The van der Waals surface area contributed by atoms with E-state index in [-0.39, 0.29) is 17.4 Å². The second-order valence-electron chi connectivity index (χ2n) is 5.98. The molecule has 1 amide bonds. The zero-order valence-electron chi connectivity index (χ0n) is 12.8. The molecule has 1 fully saturated rings. The predicted octanol–water partition coefficient (Wildman–Crippen LogP) is 3.47. The van der Waals surface area contributed by atoms with Crippen molar-refractivity contribution in [3.8, 4) is 0 Å². The van der Waals surface area contributed by atoms with E-state index < -0.39 is 5.82 Å². The van der Waals surface area contributed by atoms with Crippen LogP contribution in [0, 0.1) is 19.7 Å². The zero-order chi connectivity index (χ0) is 15.7. The van der Waals surface area contributed by atoms with Crippen LogP contribution in [0.2, 0.25) is 0 Å². The van der Waals surface area contributed by atoms with E-state index in [1.807, 2.05) is 19.9 Å². The molecule has 0 bridgehead atoms. The van der Waals surface area contributed by atoms with Crippen LogP contribution >= 0.6 is 0 Å². The monoisotopic (exact) mass is 298 g/mol. The van der Waals surface area contributed by atoms with E-state index in [1.54, 1.807) is 23.2 Å². The van der Waals surface area contributed by atoms with Crippen LogP contribution in [-0.4, -0.2) is 28.9 Å². The molecular weight excluding hydrogens is 279 g/mol. The van der Waals surface area contributed by atoms with Gasteiger partial charge in [-0.25, -0.2) is 4.39 Å². The van der Waals surface area contributed by atoms with E-state index in [2.05, 4.69) is 11.1 Å². The summed E-state index contributed by atoms with van der Waals surface area (Å²) >= 11 is 0. The molecule has 1 atom stereocenters. The van der Waals surface area contributed by atoms with Crippen molar-refractivity contribution in [2.24, 2.45) is 0 Å². The van der Waals surface area contributed by atoms with Gasteiger partial charge >= 0.3 is 0 Å². The van der Waals surface area contributed by atoms with Gasteiger partial charge in [0.15, 0.2) is 0 Å². The average molecular weight is 298 g/mol. The van der Waals surface area contributed by atoms with Gasteiger partial charge in [0.25, 0.3) is 5.91 Å². The molecule has 22 heavy (non-hydrogen) atoms. The molecule has 1 aliphatic rings. The summed E-state index contributed by atoms with van der Waals surface area (Å²) in [6, 6.07) is 8.68. The first-order valence-corrected chi connectivity index (χ1v) is 7.52. The summed E-state index contributed by atoms with van der Waals surface area (Å²) in [6.45, 7) is 5.14. The molecule has 1 unspecified atom stereocenters. The summed E-state index contributed by atoms with van der Waals surface area (Å²) in [7, 11) is 0. The summed E-state index contributed by atoms with van der Waals surface area (Å²) < 4.78 is 13.9. The molecule has 2 aromatic rings. The van der Waals surface area contributed by atoms with E-state index >= 15 is 0 Å². The molecule has 0 aliphatic carbocycles. The normalized spacial score (nSPS) is 17.8. The van der Waals surface area contributed by atoms with Crippen molar-refractivity contribution in [2.45, 2.75) is 26.2 Å². The lowest BCUT2D eigenvalue weighted by molar-refractivity contribution is 0.0786. The Morgan fingerprint density at radius 1 is 1.23 bits per heavy atom. The number of amides is 1. The minimum atomic E-state index is -0.451. The quantitative estimate of drug-likeness (QED) is 0.850. The summed E-state index contributed by atoms with van der Waals surface area (Å²) in [4.78, 5) is 18.7. The van der Waals surface area contributed by atoms with E-state index in [4.69, 9.17) is 0 Å². The Morgan fingerprint density at radius 2 is 2.00 bits per heavy atom. The maximum Gasteiger partial charge on any atom is 0.256 e. The molecule has 0 radical (unpaired) electrons. The first kappa shape index (κ1) is 14.7. The van der Waals surface area contributed by atoms with Gasteiger partial charge in [-0.3, -0.25) is 9.78 Å². The maximum atomic E-state index is 13.9. The molecule has 0 spiro atoms. The van der Waals surface area contributed by atoms with Gasteiger partial charge in [-0.15, -0.1) is 0 Å². The summed E-state index contributed by atoms with van der Waals surface area (Å²) in [5.74, 6) is -0.444. The topological polar surface area (TPSA) is 33.2 Å². The lowest BCUT2D eigenvalue weighted by Gasteiger charge is -2.17. The smallest absolute Gasteiger partial charge is 0.256 e. The Balaban J connectivity index is 1.77. The highest BCUT2D eigenvalue weighted by Gasteiger charge is 2.29. The van der Waals surface area contributed by atoms with Crippen molar-refractivity contribution < 1.29 is 9.18 Å². The number of carbonyl (C=O) groups excluding carboxylic acids is 1. The molecule has 1 aromatic carbocycles. The maximum absolute atomic E-state index is 13.9. The van der Waals surface area contributed by atoms with Gasteiger partial charge in [-0.2, -0.15) is 0 Å². The Kier molecular flexibility index (Phi) is 3.92. The molecule has 4 heteroatoms. The SMILES string of the molecule is Cc1ccnc(C2CCN(C(=O)c3cc(C)ccc3F)C2)c1. The minimum Gasteiger partial charge on any atom is -0.338 e. The van der Waals surface area contributed by atoms with Crippen molar-refractivity contribution in [1.82, 2.24) is 9.88 Å². The summed E-state index contributed by atoms with van der Waals surface area (Å²) in [6.07, 6.45) is 2.67. The lowest BCUT2D eigenvalue weighted by atomic mass is 10.0. The van der Waals surface area contributed by atoms with Gasteiger partial charge in [0, 0.05) is 30.9 Å². The fraction of sp³-hybridized carbons (Fsp3) is 0.333. The molecular formula is C18H19FN2O. The molecule has 0 N–H and O–H groups in total. The summed E-state index contributed by atoms with van der Waals surface area (Å²) in [5.41, 5.74) is 3.23. The number of pyridine rings is 1. The van der Waals surface area contributed by atoms with Crippen LogP contribution in [0.25, 0.3) is 0 Å². The number of rotatable bonds is 2. The highest BCUT2D eigenvalue weighted by molar-refractivity contribution is 5.94. The highest BCUT2D eigenvalue weighted by atomic mass is 19.1. The van der Waals surface area contributed by atoms with Gasteiger partial charge in [0.05, 0.1) is 5.56 Å². The largest absolute Gasteiger partial charge is 0.338 e. The van der Waals surface area contributed by atoms with Gasteiger partial charge in [0.1, 0.15) is 5.82 Å². The lowest BCUT2D eigenvalue weighted by Crippen LogP contribution is -2.29. The second-order valence-corrected chi connectivity index (χ2v) is 5.98. The van der Waals surface area contributed by atoms with E-state index in [0.717, 1.165) is 17.7 Å². The Labute approximate surface area is 129 Å². The van der Waals surface area contributed by atoms with Crippen LogP contribution in [0.4, 0.5) is 4.39 Å². The molecule has 2 heterocycles. The third kappa shape index (κ3) is 2.86.